The van der Waals surface area contributed by atoms with Crippen LogP contribution in [-0.2, 0) is 15.5 Å². The fraction of sp³-hybridized carbons (Fsp3) is 0.200. The fourth-order valence-corrected chi connectivity index (χ4v) is 2.11. The molecule has 6 heteroatoms. The Morgan fingerprint density at radius 1 is 0.667 bits per heavy atom. The molecule has 2 aromatic carbocycles. The molecule has 0 unspecified atom stereocenters. The van der Waals surface area contributed by atoms with Crippen LogP contribution < -0.4 is 9.78 Å². The first kappa shape index (κ1) is 15.3. The van der Waals surface area contributed by atoms with Crippen molar-refractivity contribution in [2.45, 2.75) is 19.3 Å². The van der Waals surface area contributed by atoms with Gasteiger partial charge in [0.1, 0.15) is 0 Å². The highest BCUT2D eigenvalue weighted by atomic mass is 17.5. The summed E-state index contributed by atoms with van der Waals surface area (Å²) in [5, 5.41) is 23.7. The Bertz CT molecular complexity index is 510. The third-order valence-electron chi connectivity index (χ3n) is 3.42. The van der Waals surface area contributed by atoms with Crippen LogP contribution in [0.2, 0.25) is 0 Å². The molecule has 0 radical (unpaired) electrons. The van der Waals surface area contributed by atoms with E-state index in [0.29, 0.717) is 11.5 Å². The SMILES string of the molecule is CC(C)(c1ccc(OOO)cc1)c1ccc(OOO)cc1. The van der Waals surface area contributed by atoms with E-state index in [4.69, 9.17) is 10.5 Å². The normalized spacial score (nSPS) is 11.2. The second kappa shape index (κ2) is 6.55. The summed E-state index contributed by atoms with van der Waals surface area (Å²) in [5.74, 6) is 0.807. The molecule has 112 valence electrons. The van der Waals surface area contributed by atoms with E-state index in [1.807, 2.05) is 24.3 Å². The first-order chi connectivity index (χ1) is 10.1. The van der Waals surface area contributed by atoms with Crippen molar-refractivity contribution in [1.29, 1.82) is 0 Å². The molecule has 0 saturated heterocycles. The molecule has 0 fully saturated rings. The fourth-order valence-electron chi connectivity index (χ4n) is 2.11. The average molecular weight is 292 g/mol. The maximum atomic E-state index is 8.23. The maximum Gasteiger partial charge on any atom is 0.168 e. The summed E-state index contributed by atoms with van der Waals surface area (Å²) < 4.78 is 0. The molecule has 0 aliphatic rings. The minimum Gasteiger partial charge on any atom is -0.308 e. The molecule has 6 nitrogen and oxygen atoms in total. The molecule has 0 saturated carbocycles. The smallest absolute Gasteiger partial charge is 0.168 e. The van der Waals surface area contributed by atoms with Gasteiger partial charge in [0.05, 0.1) is 0 Å². The average Bonchev–Trinajstić information content (AvgIpc) is 2.49. The van der Waals surface area contributed by atoms with Crippen molar-refractivity contribution in [3.8, 4) is 11.5 Å². The Morgan fingerprint density at radius 3 is 1.29 bits per heavy atom. The van der Waals surface area contributed by atoms with Gasteiger partial charge in [0.25, 0.3) is 0 Å². The second-order valence-electron chi connectivity index (χ2n) is 4.99. The molecule has 0 bridgehead atoms. The number of rotatable bonds is 6. The van der Waals surface area contributed by atoms with E-state index in [-0.39, 0.29) is 5.41 Å². The van der Waals surface area contributed by atoms with Gasteiger partial charge in [-0.25, -0.2) is 10.5 Å². The van der Waals surface area contributed by atoms with Crippen molar-refractivity contribution < 1.29 is 30.4 Å². The van der Waals surface area contributed by atoms with Crippen LogP contribution >= 0.6 is 0 Å². The molecule has 21 heavy (non-hydrogen) atoms. The van der Waals surface area contributed by atoms with Crippen LogP contribution in [0.1, 0.15) is 25.0 Å². The van der Waals surface area contributed by atoms with E-state index >= 15 is 0 Å². The first-order valence-electron chi connectivity index (χ1n) is 6.25. The largest absolute Gasteiger partial charge is 0.308 e. The van der Waals surface area contributed by atoms with Crippen molar-refractivity contribution in [1.82, 2.24) is 0 Å². The Hall–Kier alpha value is -2.12. The summed E-state index contributed by atoms with van der Waals surface area (Å²) in [6, 6.07) is 14.3. The molecule has 0 aliphatic carbocycles. The molecule has 0 atom stereocenters. The number of benzene rings is 2. The molecule has 0 aliphatic heterocycles. The van der Waals surface area contributed by atoms with Crippen molar-refractivity contribution in [2.75, 3.05) is 0 Å². The molecule has 2 N–H and O–H groups in total. The van der Waals surface area contributed by atoms with Gasteiger partial charge in [0.15, 0.2) is 11.5 Å². The Kier molecular flexibility index (Phi) is 4.77. The van der Waals surface area contributed by atoms with Crippen molar-refractivity contribution in [2.24, 2.45) is 0 Å². The Morgan fingerprint density at radius 2 is 1.00 bits per heavy atom. The molecular weight excluding hydrogens is 276 g/mol. The zero-order valence-corrected chi connectivity index (χ0v) is 11.6. The molecule has 0 amide bonds. The second-order valence-corrected chi connectivity index (χ2v) is 4.99. The molecular formula is C15H16O6. The minimum atomic E-state index is -0.253. The highest BCUT2D eigenvalue weighted by molar-refractivity contribution is 5.41. The van der Waals surface area contributed by atoms with Crippen LogP contribution in [-0.4, -0.2) is 10.5 Å². The Balaban J connectivity index is 2.23. The van der Waals surface area contributed by atoms with Crippen molar-refractivity contribution >= 4 is 0 Å². The van der Waals surface area contributed by atoms with Crippen molar-refractivity contribution in [3.05, 3.63) is 59.7 Å². The van der Waals surface area contributed by atoms with E-state index in [2.05, 4.69) is 33.7 Å². The van der Waals surface area contributed by atoms with E-state index in [1.165, 1.54) is 0 Å². The van der Waals surface area contributed by atoms with Crippen molar-refractivity contribution in [3.63, 3.8) is 0 Å². The zero-order chi connectivity index (χ0) is 15.3. The first-order valence-corrected chi connectivity index (χ1v) is 6.25. The highest BCUT2D eigenvalue weighted by Crippen LogP contribution is 2.33. The summed E-state index contributed by atoms with van der Waals surface area (Å²) in [5.41, 5.74) is 1.86. The lowest BCUT2D eigenvalue weighted by Gasteiger charge is -2.26. The summed E-state index contributed by atoms with van der Waals surface area (Å²) in [6.07, 6.45) is 0. The van der Waals surface area contributed by atoms with E-state index in [0.717, 1.165) is 11.1 Å². The van der Waals surface area contributed by atoms with Gasteiger partial charge in [-0.3, -0.25) is 0 Å². The van der Waals surface area contributed by atoms with E-state index in [1.54, 1.807) is 24.3 Å². The molecule has 0 spiro atoms. The van der Waals surface area contributed by atoms with Gasteiger partial charge in [-0.2, -0.15) is 0 Å². The van der Waals surface area contributed by atoms with Crippen LogP contribution in [0.4, 0.5) is 0 Å². The summed E-state index contributed by atoms with van der Waals surface area (Å²) >= 11 is 0. The third-order valence-corrected chi connectivity index (χ3v) is 3.42. The standard InChI is InChI=1S/C15H16O6/c1-15(2,11-3-7-13(8-4-11)18-20-16)12-5-9-14(10-6-12)19-21-17/h3-10,16-17H,1-2H3. The summed E-state index contributed by atoms with van der Waals surface area (Å²) in [4.78, 5) is 9.05. The number of hydrogen-bond acceptors (Lipinski definition) is 6. The van der Waals surface area contributed by atoms with Crippen LogP contribution in [0.3, 0.4) is 0 Å². The lowest BCUT2D eigenvalue weighted by atomic mass is 9.78. The predicted molar refractivity (Wildman–Crippen MR) is 73.7 cm³/mol. The number of hydrogen-bond donors (Lipinski definition) is 2. The quantitative estimate of drug-likeness (QED) is 0.626. The van der Waals surface area contributed by atoms with Gasteiger partial charge in [-0.1, -0.05) is 38.1 Å². The molecule has 2 rings (SSSR count). The lowest BCUT2D eigenvalue weighted by molar-refractivity contribution is -0.438. The van der Waals surface area contributed by atoms with Crippen LogP contribution in [0.25, 0.3) is 0 Å². The van der Waals surface area contributed by atoms with Gasteiger partial charge < -0.3 is 9.78 Å². The predicted octanol–water partition coefficient (Wildman–Crippen LogP) is 3.58. The lowest BCUT2D eigenvalue weighted by Crippen LogP contribution is -2.18. The Labute approximate surface area is 121 Å². The van der Waals surface area contributed by atoms with E-state index in [9.17, 15) is 0 Å². The molecule has 0 heterocycles. The summed E-state index contributed by atoms with van der Waals surface area (Å²) in [7, 11) is 0. The minimum absolute atomic E-state index is 0.253. The van der Waals surface area contributed by atoms with Crippen LogP contribution in [0.15, 0.2) is 48.5 Å². The van der Waals surface area contributed by atoms with Crippen LogP contribution in [0, 0.1) is 0 Å². The molecule has 2 aromatic rings. The topological polar surface area (TPSA) is 77.4 Å². The van der Waals surface area contributed by atoms with E-state index < -0.39 is 0 Å². The van der Waals surface area contributed by atoms with Crippen LogP contribution in [0.5, 0.6) is 11.5 Å². The van der Waals surface area contributed by atoms with Gasteiger partial charge >= 0.3 is 0 Å². The monoisotopic (exact) mass is 292 g/mol. The highest BCUT2D eigenvalue weighted by Gasteiger charge is 2.23. The zero-order valence-electron chi connectivity index (χ0n) is 11.6. The van der Waals surface area contributed by atoms with Gasteiger partial charge in [0, 0.05) is 5.41 Å². The molecule has 0 aromatic heterocycles. The third kappa shape index (κ3) is 3.50. The van der Waals surface area contributed by atoms with Gasteiger partial charge in [-0.05, 0) is 45.5 Å². The van der Waals surface area contributed by atoms with Gasteiger partial charge in [-0.15, -0.1) is 0 Å². The van der Waals surface area contributed by atoms with Gasteiger partial charge in [0.2, 0.25) is 0 Å². The summed E-state index contributed by atoms with van der Waals surface area (Å²) in [6.45, 7) is 4.15. The maximum absolute atomic E-state index is 8.23.